The molecule has 0 heterocycles. The van der Waals surface area contributed by atoms with Crippen molar-refractivity contribution < 1.29 is 8.42 Å². The lowest BCUT2D eigenvalue weighted by molar-refractivity contribution is 0.555. The zero-order chi connectivity index (χ0) is 15.6. The van der Waals surface area contributed by atoms with Gasteiger partial charge < -0.3 is 5.73 Å². The molecule has 1 aromatic carbocycles. The fourth-order valence-corrected chi connectivity index (χ4v) is 5.93. The Labute approximate surface area is 131 Å². The van der Waals surface area contributed by atoms with Crippen molar-refractivity contribution in [2.75, 3.05) is 11.5 Å². The Morgan fingerprint density at radius 3 is 2.71 bits per heavy atom. The monoisotopic (exact) mass is 328 g/mol. The number of sulfonamides is 1. The molecule has 1 aliphatic rings. The van der Waals surface area contributed by atoms with Gasteiger partial charge in [-0.3, -0.25) is 0 Å². The van der Waals surface area contributed by atoms with Crippen LogP contribution in [0.15, 0.2) is 17.0 Å². The van der Waals surface area contributed by atoms with E-state index in [0.29, 0.717) is 10.9 Å². The predicted octanol–water partition coefficient (Wildman–Crippen LogP) is 2.84. The second-order valence-electron chi connectivity index (χ2n) is 5.58. The molecule has 6 heteroatoms. The van der Waals surface area contributed by atoms with E-state index >= 15 is 0 Å². The maximum absolute atomic E-state index is 12.7. The highest BCUT2D eigenvalue weighted by Crippen LogP contribution is 2.32. The van der Waals surface area contributed by atoms with Crippen LogP contribution in [0.3, 0.4) is 0 Å². The molecule has 0 amide bonds. The summed E-state index contributed by atoms with van der Waals surface area (Å²) in [5, 5.41) is 0.371. The van der Waals surface area contributed by atoms with Crippen molar-refractivity contribution in [1.82, 2.24) is 4.72 Å². The molecule has 4 nitrogen and oxygen atoms in total. The quantitative estimate of drug-likeness (QED) is 0.815. The van der Waals surface area contributed by atoms with E-state index in [1.54, 1.807) is 6.07 Å². The summed E-state index contributed by atoms with van der Waals surface area (Å²) in [6.45, 7) is 5.82. The molecule has 0 aliphatic heterocycles. The molecule has 0 spiro atoms. The Hall–Kier alpha value is -0.720. The molecule has 2 rings (SSSR count). The molecular weight excluding hydrogens is 304 g/mol. The summed E-state index contributed by atoms with van der Waals surface area (Å²) in [5.41, 5.74) is 7.92. The number of thioether (sulfide) groups is 1. The first-order valence-corrected chi connectivity index (χ1v) is 9.89. The fourth-order valence-electron chi connectivity index (χ4n) is 2.90. The Kier molecular flexibility index (Phi) is 5.22. The average molecular weight is 329 g/mol. The van der Waals surface area contributed by atoms with Crippen LogP contribution < -0.4 is 10.5 Å². The van der Waals surface area contributed by atoms with E-state index in [9.17, 15) is 8.42 Å². The third-order valence-corrected chi connectivity index (χ3v) is 7.13. The van der Waals surface area contributed by atoms with Gasteiger partial charge in [0.15, 0.2) is 0 Å². The molecule has 0 radical (unpaired) electrons. The summed E-state index contributed by atoms with van der Waals surface area (Å²) in [6, 6.07) is 3.54. The van der Waals surface area contributed by atoms with Crippen molar-refractivity contribution in [3.63, 3.8) is 0 Å². The number of hydrogen-bond donors (Lipinski definition) is 2. The van der Waals surface area contributed by atoms with E-state index < -0.39 is 10.0 Å². The van der Waals surface area contributed by atoms with Crippen LogP contribution in [0.25, 0.3) is 0 Å². The molecule has 1 aliphatic carbocycles. The molecule has 3 N–H and O–H groups in total. The van der Waals surface area contributed by atoms with Gasteiger partial charge in [-0.15, -0.1) is 0 Å². The van der Waals surface area contributed by atoms with E-state index in [1.165, 1.54) is 0 Å². The number of anilines is 1. The Morgan fingerprint density at radius 1 is 1.33 bits per heavy atom. The smallest absolute Gasteiger partial charge is 0.243 e. The Morgan fingerprint density at radius 2 is 2.05 bits per heavy atom. The number of nitrogen functional groups attached to an aromatic ring is 1. The van der Waals surface area contributed by atoms with Crippen molar-refractivity contribution >= 4 is 27.5 Å². The first-order valence-electron chi connectivity index (χ1n) is 7.36. The summed E-state index contributed by atoms with van der Waals surface area (Å²) < 4.78 is 28.3. The van der Waals surface area contributed by atoms with Crippen molar-refractivity contribution in [3.8, 4) is 0 Å². The number of aryl methyl sites for hydroxylation is 1. The summed E-state index contributed by atoms with van der Waals surface area (Å²) in [6.07, 6.45) is 3.06. The molecule has 2 unspecified atom stereocenters. The predicted molar refractivity (Wildman–Crippen MR) is 90.2 cm³/mol. The van der Waals surface area contributed by atoms with Gasteiger partial charge in [0.2, 0.25) is 10.0 Å². The van der Waals surface area contributed by atoms with Gasteiger partial charge in [0.1, 0.15) is 4.90 Å². The number of nitrogens with two attached hydrogens (primary N) is 1. The molecule has 0 saturated heterocycles. The van der Waals surface area contributed by atoms with E-state index in [-0.39, 0.29) is 10.9 Å². The number of hydrogen-bond acceptors (Lipinski definition) is 4. The largest absolute Gasteiger partial charge is 0.398 e. The second-order valence-corrected chi connectivity index (χ2v) is 8.75. The normalized spacial score (nSPS) is 22.6. The number of benzene rings is 1. The minimum absolute atomic E-state index is 0.0132. The third kappa shape index (κ3) is 3.55. The second kappa shape index (κ2) is 6.58. The van der Waals surface area contributed by atoms with Crippen LogP contribution >= 0.6 is 11.8 Å². The Balaban J connectivity index is 2.29. The fraction of sp³-hybridized carbons (Fsp3) is 0.600. The van der Waals surface area contributed by atoms with Crippen molar-refractivity contribution in [2.45, 2.75) is 56.2 Å². The zero-order valence-electron chi connectivity index (χ0n) is 12.8. The molecule has 2 atom stereocenters. The highest BCUT2D eigenvalue weighted by Gasteiger charge is 2.32. The van der Waals surface area contributed by atoms with E-state index in [2.05, 4.69) is 11.6 Å². The van der Waals surface area contributed by atoms with Gasteiger partial charge in [-0.2, -0.15) is 11.8 Å². The molecule has 1 saturated carbocycles. The summed E-state index contributed by atoms with van der Waals surface area (Å²) in [7, 11) is -3.57. The van der Waals surface area contributed by atoms with Gasteiger partial charge in [-0.05, 0) is 49.6 Å². The van der Waals surface area contributed by atoms with Crippen LogP contribution in [-0.4, -0.2) is 25.5 Å². The maximum Gasteiger partial charge on any atom is 0.243 e. The first-order chi connectivity index (χ1) is 9.86. The molecule has 1 fully saturated rings. The topological polar surface area (TPSA) is 72.2 Å². The minimum Gasteiger partial charge on any atom is -0.398 e. The minimum atomic E-state index is -3.57. The van der Waals surface area contributed by atoms with Gasteiger partial charge in [0, 0.05) is 11.3 Å². The summed E-state index contributed by atoms with van der Waals surface area (Å²) in [4.78, 5) is 0.245. The van der Waals surface area contributed by atoms with Gasteiger partial charge in [0.25, 0.3) is 0 Å². The lowest BCUT2D eigenvalue weighted by atomic mass is 10.1. The molecule has 118 valence electrons. The molecular formula is C15H24N2O2S2. The third-order valence-electron chi connectivity index (χ3n) is 4.12. The lowest BCUT2D eigenvalue weighted by Crippen LogP contribution is -2.39. The van der Waals surface area contributed by atoms with Gasteiger partial charge in [-0.25, -0.2) is 13.1 Å². The van der Waals surface area contributed by atoms with Gasteiger partial charge in [-0.1, -0.05) is 19.4 Å². The lowest BCUT2D eigenvalue weighted by Gasteiger charge is -2.21. The maximum atomic E-state index is 12.7. The van der Waals surface area contributed by atoms with E-state index in [1.807, 2.05) is 31.7 Å². The summed E-state index contributed by atoms with van der Waals surface area (Å²) >= 11 is 1.84. The highest BCUT2D eigenvalue weighted by atomic mass is 32.2. The van der Waals surface area contributed by atoms with Crippen LogP contribution in [0, 0.1) is 13.8 Å². The van der Waals surface area contributed by atoms with Crippen LogP contribution in [0.1, 0.15) is 37.3 Å². The van der Waals surface area contributed by atoms with Crippen molar-refractivity contribution in [1.29, 1.82) is 0 Å². The molecule has 0 bridgehead atoms. The Bertz CT molecular complexity index is 614. The van der Waals surface area contributed by atoms with Crippen molar-refractivity contribution in [3.05, 3.63) is 23.3 Å². The van der Waals surface area contributed by atoms with Gasteiger partial charge in [0.05, 0.1) is 5.69 Å². The zero-order valence-corrected chi connectivity index (χ0v) is 14.5. The van der Waals surface area contributed by atoms with Crippen LogP contribution in [-0.2, 0) is 10.0 Å². The van der Waals surface area contributed by atoms with Crippen LogP contribution in [0.4, 0.5) is 5.69 Å². The molecule has 0 aromatic heterocycles. The average Bonchev–Trinajstić information content (AvgIpc) is 2.81. The highest BCUT2D eigenvalue weighted by molar-refractivity contribution is 8.00. The molecule has 21 heavy (non-hydrogen) atoms. The summed E-state index contributed by atoms with van der Waals surface area (Å²) in [5.74, 6) is 1.01. The van der Waals surface area contributed by atoms with E-state index in [4.69, 9.17) is 5.73 Å². The molecule has 1 aromatic rings. The van der Waals surface area contributed by atoms with Gasteiger partial charge >= 0.3 is 0 Å². The first kappa shape index (κ1) is 16.6. The number of rotatable bonds is 5. The van der Waals surface area contributed by atoms with Crippen LogP contribution in [0.2, 0.25) is 0 Å². The number of nitrogens with one attached hydrogen (secondary N) is 1. The van der Waals surface area contributed by atoms with E-state index in [0.717, 1.165) is 36.1 Å². The standard InChI is InChI=1S/C15H24N2O2S2/c1-4-20-14-7-5-6-13(14)17-21(18,19)15-11(3)10(2)8-9-12(15)16/h8-9,13-14,17H,4-7,16H2,1-3H3. The van der Waals surface area contributed by atoms with Crippen molar-refractivity contribution in [2.24, 2.45) is 0 Å². The SMILES string of the molecule is CCSC1CCCC1NS(=O)(=O)c1c(N)ccc(C)c1C. The van der Waals surface area contributed by atoms with Crippen LogP contribution in [0.5, 0.6) is 0 Å².